The van der Waals surface area contributed by atoms with Crippen LogP contribution in [0.1, 0.15) is 18.2 Å². The third-order valence-electron chi connectivity index (χ3n) is 3.44. The quantitative estimate of drug-likeness (QED) is 0.665. The zero-order valence-electron chi connectivity index (χ0n) is 13.0. The largest absolute Gasteiger partial charge is 0.323 e. The second-order valence-electron chi connectivity index (χ2n) is 5.03. The SMILES string of the molecule is CCc1[nH]nc(-c2cccs2)c1NC(=O)Nc1cccc(C#N)c1. The highest BCUT2D eigenvalue weighted by Gasteiger charge is 2.17. The first kappa shape index (κ1) is 15.8. The van der Waals surface area contributed by atoms with Crippen molar-refractivity contribution in [3.63, 3.8) is 0 Å². The minimum absolute atomic E-state index is 0.376. The maximum atomic E-state index is 12.3. The number of nitriles is 1. The highest BCUT2D eigenvalue weighted by atomic mass is 32.1. The number of nitrogens with zero attached hydrogens (tertiary/aromatic N) is 2. The van der Waals surface area contributed by atoms with Gasteiger partial charge in [0, 0.05) is 5.69 Å². The van der Waals surface area contributed by atoms with E-state index in [0.29, 0.717) is 16.9 Å². The second-order valence-corrected chi connectivity index (χ2v) is 5.98. The molecule has 3 aromatic rings. The Labute approximate surface area is 143 Å². The lowest BCUT2D eigenvalue weighted by Crippen LogP contribution is -2.20. The van der Waals surface area contributed by atoms with Crippen LogP contribution in [0, 0.1) is 11.3 Å². The molecule has 24 heavy (non-hydrogen) atoms. The molecule has 2 aromatic heterocycles. The van der Waals surface area contributed by atoms with Crippen LogP contribution in [0.5, 0.6) is 0 Å². The number of aryl methyl sites for hydroxylation is 1. The van der Waals surface area contributed by atoms with Crippen LogP contribution in [-0.2, 0) is 6.42 Å². The van der Waals surface area contributed by atoms with Crippen LogP contribution in [0.3, 0.4) is 0 Å². The summed E-state index contributed by atoms with van der Waals surface area (Å²) >= 11 is 1.56. The molecule has 0 saturated heterocycles. The number of thiophene rings is 1. The molecular weight excluding hydrogens is 322 g/mol. The van der Waals surface area contributed by atoms with Gasteiger partial charge in [0.25, 0.3) is 0 Å². The highest BCUT2D eigenvalue weighted by molar-refractivity contribution is 7.13. The van der Waals surface area contributed by atoms with Crippen LogP contribution in [0.25, 0.3) is 10.6 Å². The molecule has 2 heterocycles. The van der Waals surface area contributed by atoms with E-state index in [1.54, 1.807) is 35.6 Å². The lowest BCUT2D eigenvalue weighted by molar-refractivity contribution is 0.262. The Balaban J connectivity index is 1.81. The molecule has 0 aliphatic heterocycles. The number of carbonyl (C=O) groups is 1. The molecule has 120 valence electrons. The Morgan fingerprint density at radius 1 is 1.33 bits per heavy atom. The van der Waals surface area contributed by atoms with E-state index in [4.69, 9.17) is 5.26 Å². The van der Waals surface area contributed by atoms with Gasteiger partial charge in [0.15, 0.2) is 0 Å². The van der Waals surface area contributed by atoms with Gasteiger partial charge in [0.2, 0.25) is 0 Å². The van der Waals surface area contributed by atoms with Crippen molar-refractivity contribution in [3.05, 3.63) is 53.0 Å². The number of hydrogen-bond donors (Lipinski definition) is 3. The Bertz CT molecular complexity index is 892. The molecule has 0 spiro atoms. The summed E-state index contributed by atoms with van der Waals surface area (Å²) in [5.41, 5.74) is 3.31. The van der Waals surface area contributed by atoms with E-state index in [-0.39, 0.29) is 6.03 Å². The number of anilines is 2. The van der Waals surface area contributed by atoms with Crippen LogP contribution in [0.2, 0.25) is 0 Å². The first-order valence-electron chi connectivity index (χ1n) is 7.40. The fourth-order valence-corrected chi connectivity index (χ4v) is 3.02. The van der Waals surface area contributed by atoms with E-state index in [9.17, 15) is 4.79 Å². The van der Waals surface area contributed by atoms with Crippen molar-refractivity contribution in [2.24, 2.45) is 0 Å². The van der Waals surface area contributed by atoms with E-state index in [1.807, 2.05) is 30.5 Å². The molecule has 3 rings (SSSR count). The van der Waals surface area contributed by atoms with Crippen molar-refractivity contribution in [1.82, 2.24) is 10.2 Å². The number of nitrogens with one attached hydrogen (secondary N) is 3. The first-order chi connectivity index (χ1) is 11.7. The molecule has 6 nitrogen and oxygen atoms in total. The lowest BCUT2D eigenvalue weighted by atomic mass is 10.2. The number of carbonyl (C=O) groups excluding carboxylic acids is 1. The van der Waals surface area contributed by atoms with Crippen LogP contribution in [0.15, 0.2) is 41.8 Å². The Kier molecular flexibility index (Phi) is 4.59. The highest BCUT2D eigenvalue weighted by Crippen LogP contribution is 2.32. The Morgan fingerprint density at radius 2 is 2.21 bits per heavy atom. The van der Waals surface area contributed by atoms with Gasteiger partial charge >= 0.3 is 6.03 Å². The molecule has 0 atom stereocenters. The van der Waals surface area contributed by atoms with E-state index < -0.39 is 0 Å². The average molecular weight is 337 g/mol. The molecule has 0 saturated carbocycles. The predicted octanol–water partition coefficient (Wildman–Crippen LogP) is 4.22. The maximum Gasteiger partial charge on any atom is 0.323 e. The van der Waals surface area contributed by atoms with Gasteiger partial charge in [-0.15, -0.1) is 11.3 Å². The second kappa shape index (κ2) is 6.98. The molecule has 0 radical (unpaired) electrons. The van der Waals surface area contributed by atoms with Gasteiger partial charge in [-0.05, 0) is 36.1 Å². The summed E-state index contributed by atoms with van der Waals surface area (Å²) < 4.78 is 0. The topological polar surface area (TPSA) is 93.6 Å². The molecule has 7 heteroatoms. The lowest BCUT2D eigenvalue weighted by Gasteiger charge is -2.09. The van der Waals surface area contributed by atoms with Gasteiger partial charge in [-0.2, -0.15) is 10.4 Å². The van der Waals surface area contributed by atoms with Crippen LogP contribution < -0.4 is 10.6 Å². The third-order valence-corrected chi connectivity index (χ3v) is 4.31. The molecule has 0 bridgehead atoms. The molecule has 3 N–H and O–H groups in total. The summed E-state index contributed by atoms with van der Waals surface area (Å²) in [5, 5.41) is 23.8. The number of urea groups is 1. The minimum Gasteiger partial charge on any atom is -0.308 e. The minimum atomic E-state index is -0.376. The van der Waals surface area contributed by atoms with Crippen molar-refractivity contribution in [2.45, 2.75) is 13.3 Å². The van der Waals surface area contributed by atoms with Crippen molar-refractivity contribution in [3.8, 4) is 16.6 Å². The molecule has 1 aromatic carbocycles. The smallest absolute Gasteiger partial charge is 0.308 e. The molecule has 0 aliphatic rings. The van der Waals surface area contributed by atoms with Gasteiger partial charge in [0.05, 0.1) is 27.9 Å². The molecular formula is C17H15N5OS. The number of aromatic nitrogens is 2. The van der Waals surface area contributed by atoms with E-state index in [1.165, 1.54) is 0 Å². The number of amides is 2. The fourth-order valence-electron chi connectivity index (χ4n) is 2.30. The van der Waals surface area contributed by atoms with E-state index >= 15 is 0 Å². The van der Waals surface area contributed by atoms with Gasteiger partial charge in [-0.25, -0.2) is 4.79 Å². The monoisotopic (exact) mass is 337 g/mol. The Hall–Kier alpha value is -3.11. The number of rotatable bonds is 4. The molecule has 0 fully saturated rings. The fraction of sp³-hybridized carbons (Fsp3) is 0.118. The maximum absolute atomic E-state index is 12.3. The van der Waals surface area contributed by atoms with Crippen LogP contribution in [0.4, 0.5) is 16.2 Å². The molecule has 0 unspecified atom stereocenters. The molecule has 2 amide bonds. The van der Waals surface area contributed by atoms with Gasteiger partial charge in [-0.1, -0.05) is 19.1 Å². The number of benzene rings is 1. The van der Waals surface area contributed by atoms with Crippen LogP contribution >= 0.6 is 11.3 Å². The van der Waals surface area contributed by atoms with Crippen molar-refractivity contribution in [1.29, 1.82) is 5.26 Å². The van der Waals surface area contributed by atoms with Gasteiger partial charge in [-0.3, -0.25) is 5.10 Å². The third kappa shape index (κ3) is 3.29. The zero-order valence-corrected chi connectivity index (χ0v) is 13.8. The van der Waals surface area contributed by atoms with Crippen molar-refractivity contribution in [2.75, 3.05) is 10.6 Å². The molecule has 0 aliphatic carbocycles. The standard InChI is InChI=1S/C17H15N5OS/c1-2-13-15(16(22-21-13)14-7-4-8-24-14)20-17(23)19-12-6-3-5-11(9-12)10-18/h3-9H,2H2,1H3,(H,21,22)(H2,19,20,23). The summed E-state index contributed by atoms with van der Waals surface area (Å²) in [6, 6.07) is 12.3. The summed E-state index contributed by atoms with van der Waals surface area (Å²) in [4.78, 5) is 13.3. The van der Waals surface area contributed by atoms with Crippen molar-refractivity contribution >= 4 is 28.7 Å². The zero-order chi connectivity index (χ0) is 16.9. The normalized spacial score (nSPS) is 10.2. The average Bonchev–Trinajstić information content (AvgIpc) is 3.24. The summed E-state index contributed by atoms with van der Waals surface area (Å²) in [7, 11) is 0. The first-order valence-corrected chi connectivity index (χ1v) is 8.28. The van der Waals surface area contributed by atoms with Gasteiger partial charge < -0.3 is 10.6 Å². The van der Waals surface area contributed by atoms with Crippen LogP contribution in [-0.4, -0.2) is 16.2 Å². The predicted molar refractivity (Wildman–Crippen MR) is 95.1 cm³/mol. The van der Waals surface area contributed by atoms with E-state index in [0.717, 1.165) is 22.7 Å². The Morgan fingerprint density at radius 3 is 2.92 bits per heavy atom. The summed E-state index contributed by atoms with van der Waals surface area (Å²) in [6.45, 7) is 1.99. The van der Waals surface area contributed by atoms with Gasteiger partial charge in [0.1, 0.15) is 5.69 Å². The summed E-state index contributed by atoms with van der Waals surface area (Å²) in [6.07, 6.45) is 0.720. The number of H-pyrrole nitrogens is 1. The number of aromatic amines is 1. The van der Waals surface area contributed by atoms with Crippen molar-refractivity contribution < 1.29 is 4.79 Å². The number of hydrogen-bond acceptors (Lipinski definition) is 4. The van der Waals surface area contributed by atoms with E-state index in [2.05, 4.69) is 20.8 Å². The summed E-state index contributed by atoms with van der Waals surface area (Å²) in [5.74, 6) is 0.